The molecule has 3 amide bonds. The average molecular weight is 2110 g/mol. The van der Waals surface area contributed by atoms with Crippen LogP contribution in [0.15, 0.2) is 87.4 Å². The third-order valence-corrected chi connectivity index (χ3v) is 34.5. The average Bonchev–Trinajstić information content (AvgIpc) is 0.848. The Kier molecular flexibility index (Phi) is 41.6. The lowest BCUT2D eigenvalue weighted by Crippen LogP contribution is -2.49. The lowest BCUT2D eigenvalue weighted by molar-refractivity contribution is -0.141. The molecule has 0 aliphatic carbocycles. The molecule has 5 unspecified atom stereocenters. The number of rotatable bonds is 28. The molecule has 0 radical (unpaired) electrons. The van der Waals surface area contributed by atoms with E-state index in [0.717, 1.165) is 31.5 Å². The van der Waals surface area contributed by atoms with Crippen molar-refractivity contribution in [3.05, 3.63) is 160 Å². The molecule has 0 saturated carbocycles. The lowest BCUT2D eigenvalue weighted by atomic mass is 10.1. The number of carboxylic acids is 1. The van der Waals surface area contributed by atoms with Crippen LogP contribution in [0.1, 0.15) is 96.0 Å². The van der Waals surface area contributed by atoms with E-state index in [1.54, 1.807) is 101 Å². The number of hydrogen-bond donors (Lipinski definition) is 8. The highest BCUT2D eigenvalue weighted by molar-refractivity contribution is 7.85. The summed E-state index contributed by atoms with van der Waals surface area (Å²) in [6.45, 7) is 26.2. The van der Waals surface area contributed by atoms with Gasteiger partial charge in [-0.15, -0.1) is 10.2 Å². The maximum absolute atomic E-state index is 13.5. The molecule has 15 rings (SSSR count). The fourth-order valence-corrected chi connectivity index (χ4v) is 23.9. The maximum Gasteiger partial charge on any atom is 0.330 e. The Morgan fingerprint density at radius 1 is 0.440 bits per heavy atom. The van der Waals surface area contributed by atoms with Crippen LogP contribution in [0.2, 0.25) is 0 Å². The molecule has 50 nitrogen and oxygen atoms in total. The minimum Gasteiger partial charge on any atom is -0.481 e. The van der Waals surface area contributed by atoms with E-state index in [4.69, 9.17) is 42.1 Å². The number of hydrogen-bond acceptors (Lipinski definition) is 35. The van der Waals surface area contributed by atoms with Crippen molar-refractivity contribution in [2.75, 3.05) is 250 Å². The van der Waals surface area contributed by atoms with Gasteiger partial charge in [0.1, 0.15) is 0 Å². The van der Waals surface area contributed by atoms with E-state index >= 15 is 0 Å². The van der Waals surface area contributed by atoms with Crippen LogP contribution in [0, 0.1) is 27.7 Å². The lowest BCUT2D eigenvalue weighted by Gasteiger charge is -2.40. The van der Waals surface area contributed by atoms with Gasteiger partial charge in [-0.25, -0.2) is 37.9 Å². The molecule has 5 aromatic heterocycles. The van der Waals surface area contributed by atoms with Crippen molar-refractivity contribution in [3.8, 4) is 11.4 Å². The molecular weight excluding hydrogens is 1980 g/mol. The quantitative estimate of drug-likeness (QED) is 0.0255. The standard InChI is InChI=1S/C24H32N9O6P.C21H36N5O5P.C20H32N5O8P.C18H30N5O6PS.CH3OPS/c1-16-12-33(24(36)25-22(16)34)20-14-30(2)13-19(39-20)15-38-40(3,37)32-10-8-31(9-11-32)23(35)18-6-4-17(5-7-18)21-26-28-29-27-21;1-16-12-26(21(28)22-20(16)27)19-14-23(2)13-18(31-19)15-30-32(3,29)25-10-6-17(7-11-25)24-8-4-5-9-24;1-14-10-25(20(30)21-19(14)29)17-12-22(2)11-15(33-17)13-32-34(3,31)24-8-6-23(7-9-24)16(26)4-5-18(27)28;1-13-8-23(18(26)19-17(13)25)16-10-20(2)9-14(29-16)11-28-30(3,27)22-6-4-21(5-7-22)15(24)12-31;2-3-1-4/h4-7,12,19-20H,8-11,13-15H2,1-3H3,(H,25,34,36)(H,26,27,28,29);12,17-19H,4-11,13-15H2,1-3H3,(H,22,27,28);10,15,17H,4-9,11-13H2,1-3H3,(H,27,28)(H,21,29,30);8,14,16,31H,4-7,9-12H2,1-3H3,(H,19,25,26);4H,1H2/t19-,20?,40-;18-,19?,32-;15-,17?,34?;14-,16?,30-;/m0000./s1. The van der Waals surface area contributed by atoms with Gasteiger partial charge < -0.3 is 61.7 Å². The van der Waals surface area contributed by atoms with E-state index < -0.39 is 124 Å². The zero-order valence-electron chi connectivity index (χ0n) is 81.6. The minimum atomic E-state index is -3.18. The van der Waals surface area contributed by atoms with Gasteiger partial charge in [0.2, 0.25) is 17.6 Å². The number of aryl methyl sites for hydroxylation is 4. The van der Waals surface area contributed by atoms with Crippen molar-refractivity contribution in [1.29, 1.82) is 0 Å². The molecule has 9 aliphatic rings. The number of H-pyrrole nitrogens is 5. The third kappa shape index (κ3) is 32.0. The van der Waals surface area contributed by atoms with Crippen molar-refractivity contribution >= 4 is 87.5 Å². The topological polar surface area (TPSA) is 560 Å². The van der Waals surface area contributed by atoms with Crippen molar-refractivity contribution in [1.82, 2.24) is 117 Å². The summed E-state index contributed by atoms with van der Waals surface area (Å²) < 4.78 is 123. The number of nitrogens with zero attached hydrogens (tertiary/aromatic N) is 19. The summed E-state index contributed by atoms with van der Waals surface area (Å²) in [5, 5.41) is 22.5. The number of tetrazole rings is 1. The smallest absolute Gasteiger partial charge is 0.330 e. The normalized spacial score (nSPS) is 24.4. The number of likely N-dealkylation sites (tertiary alicyclic amines) is 1. The molecule has 6 aromatic rings. The maximum atomic E-state index is 13.5. The molecule has 9 saturated heterocycles. The van der Waals surface area contributed by atoms with Crippen LogP contribution in [0.5, 0.6) is 0 Å². The predicted molar refractivity (Wildman–Crippen MR) is 529 cm³/mol. The summed E-state index contributed by atoms with van der Waals surface area (Å²) in [5.74, 6) is -0.780. The van der Waals surface area contributed by atoms with E-state index in [2.05, 4.69) is 75.6 Å². The van der Waals surface area contributed by atoms with Crippen LogP contribution < -0.4 is 45.0 Å². The number of carboxylic acid groups (broad SMARTS) is 1. The Hall–Kier alpha value is -8.07. The zero-order valence-corrected chi connectivity index (χ0v) is 87.8. The summed E-state index contributed by atoms with van der Waals surface area (Å²) in [6.07, 6.45) is 6.32. The summed E-state index contributed by atoms with van der Waals surface area (Å²) in [5.41, 5.74) is -0.456. The molecular formula is C84H133N24O26P5S2. The first kappa shape index (κ1) is 113. The van der Waals surface area contributed by atoms with E-state index in [9.17, 15) is 80.4 Å². The van der Waals surface area contributed by atoms with Gasteiger partial charge in [0, 0.05) is 241 Å². The number of aromatic amines is 5. The molecule has 9 aliphatic heterocycles. The van der Waals surface area contributed by atoms with Crippen molar-refractivity contribution in [3.63, 3.8) is 0 Å². The molecule has 0 bridgehead atoms. The Morgan fingerprint density at radius 2 is 0.745 bits per heavy atom. The van der Waals surface area contributed by atoms with E-state index in [-0.39, 0.29) is 77.3 Å². The fourth-order valence-electron chi connectivity index (χ4n) is 17.7. The number of aliphatic carboxylic acids is 1. The number of ether oxygens (including phenoxy) is 4. The second-order valence-corrected chi connectivity index (χ2v) is 47.9. The molecule has 14 heterocycles. The van der Waals surface area contributed by atoms with Crippen LogP contribution in [0.25, 0.3) is 11.4 Å². The number of carbonyl (C=O) groups is 4. The van der Waals surface area contributed by atoms with E-state index in [1.165, 1.54) is 75.7 Å². The van der Waals surface area contributed by atoms with E-state index in [0.29, 0.717) is 176 Å². The van der Waals surface area contributed by atoms with Crippen LogP contribution in [0.4, 0.5) is 0 Å². The van der Waals surface area contributed by atoms with Crippen molar-refractivity contribution < 1.29 is 84.2 Å². The summed E-state index contributed by atoms with van der Waals surface area (Å²) in [6, 6.07) is 7.60. The van der Waals surface area contributed by atoms with Crippen molar-refractivity contribution in [2.24, 2.45) is 0 Å². The fraction of sp³-hybridized carbons (Fsp3) is 0.679. The Balaban J connectivity index is 0.000000178. The highest BCUT2D eigenvalue weighted by Crippen LogP contribution is 2.52. The second kappa shape index (κ2) is 51.8. The molecule has 1 aromatic carbocycles. The molecule has 6 N–H and O–H groups in total. The molecule has 782 valence electrons. The van der Waals surface area contributed by atoms with Gasteiger partial charge in [-0.2, -0.15) is 30.5 Å². The molecule has 57 heteroatoms. The van der Waals surface area contributed by atoms with Gasteiger partial charge >= 0.3 is 28.7 Å². The highest BCUT2D eigenvalue weighted by atomic mass is 32.1. The monoisotopic (exact) mass is 2110 g/mol. The van der Waals surface area contributed by atoms with E-state index in [1.807, 2.05) is 47.6 Å². The number of morpholine rings is 4. The van der Waals surface area contributed by atoms with Crippen LogP contribution in [-0.4, -0.2) is 426 Å². The van der Waals surface area contributed by atoms with Crippen LogP contribution in [-0.2, 0) is 74.3 Å². The number of thiol groups is 2. The number of benzene rings is 1. The SMILES string of the molecule is Cc1cn(C2CN(C)C[C@@H](COP(C)(=O)N3CCN(C(=O)CCC(=O)O)CC3)O2)c(=O)[nH]c1=O.Cc1cn(C2CN(C)C[C@@H](CO[P@](C)(=O)N3CCC(N4CCCC4)CC3)O2)c(=O)[nH]c1=O.Cc1cn(C2CN(C)C[C@@H](CO[P@](C)(=O)N3CCN(C(=O)CS)CC3)O2)c(=O)[nH]c1=O.Cc1cn(C2CN(C)C[C@@H](CO[P@](C)(=O)N3CCN(C(=O)c4ccc(-c5nn[nH]n5)cc4)CC3)O2)c(=O)[nH]c1=O.O=PCS. The summed E-state index contributed by atoms with van der Waals surface area (Å²) >= 11 is 7.61. The number of likely N-dealkylation sites (N-methyl/N-ethyl adjacent to an activating group) is 4. The van der Waals surface area contributed by atoms with Gasteiger partial charge in [-0.05, 0) is 112 Å². The second-order valence-electron chi connectivity index (χ2n) is 36.5. The van der Waals surface area contributed by atoms with Gasteiger partial charge in [-0.3, -0.25) is 119 Å². The molecule has 12 atom stereocenters. The number of nitrogens with one attached hydrogen (secondary N) is 5. The Labute approximate surface area is 826 Å². The Bertz CT molecular complexity index is 5960. The molecule has 9 fully saturated rings. The van der Waals surface area contributed by atoms with Gasteiger partial charge in [0.25, 0.3) is 58.2 Å². The number of carbonyl (C=O) groups excluding carboxylic acids is 3. The first-order chi connectivity index (χ1) is 66.8. The number of piperazine rings is 3. The third-order valence-electron chi connectivity index (χ3n) is 25.6. The first-order valence-corrected chi connectivity index (χ1v) is 56.9. The van der Waals surface area contributed by atoms with Crippen LogP contribution >= 0.6 is 63.8 Å². The number of piperidine rings is 1. The summed E-state index contributed by atoms with van der Waals surface area (Å²) in [7, 11) is -4.62. The Morgan fingerprint density at radius 3 is 1.04 bits per heavy atom. The zero-order chi connectivity index (χ0) is 103. The number of amides is 3. The first-order valence-electron chi connectivity index (χ1n) is 46.5. The van der Waals surface area contributed by atoms with Crippen molar-refractivity contribution in [2.45, 2.75) is 122 Å². The van der Waals surface area contributed by atoms with Gasteiger partial charge in [0.05, 0.1) is 68.5 Å². The highest BCUT2D eigenvalue weighted by Gasteiger charge is 2.42. The number of aromatic nitrogens is 12. The van der Waals surface area contributed by atoms with Gasteiger partial charge in [-0.1, -0.05) is 12.1 Å². The van der Waals surface area contributed by atoms with Crippen LogP contribution in [0.3, 0.4) is 0 Å². The largest absolute Gasteiger partial charge is 0.481 e. The minimum absolute atomic E-state index is 0.0349. The molecule has 0 spiro atoms. The molecule has 141 heavy (non-hydrogen) atoms. The van der Waals surface area contributed by atoms with Gasteiger partial charge in [0.15, 0.2) is 33.4 Å². The summed E-state index contributed by atoms with van der Waals surface area (Å²) in [4.78, 5) is 168. The predicted octanol–water partition coefficient (Wildman–Crippen LogP) is 1.50.